The zero-order valence-corrected chi connectivity index (χ0v) is 6.60. The Morgan fingerprint density at radius 1 is 1.30 bits per heavy atom. The van der Waals surface area contributed by atoms with Crippen LogP contribution in [0.2, 0.25) is 0 Å². The van der Waals surface area contributed by atoms with Crippen LogP contribution in [0, 0.1) is 5.92 Å². The third kappa shape index (κ3) is 2.13. The molecule has 0 heterocycles. The van der Waals surface area contributed by atoms with Crippen LogP contribution >= 0.6 is 0 Å². The Morgan fingerprint density at radius 3 is 1.80 bits per heavy atom. The fraction of sp³-hybridized carbons (Fsp3) is 0.500. The Morgan fingerprint density at radius 2 is 1.70 bits per heavy atom. The molecule has 1 unspecified atom stereocenters. The normalized spacial score (nSPS) is 12.3. The highest BCUT2D eigenvalue weighted by Crippen LogP contribution is 2.04. The van der Waals surface area contributed by atoms with Crippen LogP contribution in [0.25, 0.3) is 0 Å². The number of rotatable bonds is 3. The van der Waals surface area contributed by atoms with Gasteiger partial charge in [0.2, 0.25) is 0 Å². The van der Waals surface area contributed by atoms with Crippen LogP contribution in [0.15, 0.2) is 12.2 Å². The van der Waals surface area contributed by atoms with E-state index in [-0.39, 0.29) is 11.6 Å². The van der Waals surface area contributed by atoms with E-state index in [1.807, 2.05) is 0 Å². The summed E-state index contributed by atoms with van der Waals surface area (Å²) in [4.78, 5) is 21.6. The predicted molar refractivity (Wildman–Crippen MR) is 39.7 cm³/mol. The van der Waals surface area contributed by atoms with Gasteiger partial charge in [0.05, 0.1) is 5.92 Å². The van der Waals surface area contributed by atoms with Gasteiger partial charge in [0.25, 0.3) is 0 Å². The largest absolute Gasteiger partial charge is 0.299 e. The van der Waals surface area contributed by atoms with Crippen molar-refractivity contribution in [3.63, 3.8) is 0 Å². The summed E-state index contributed by atoms with van der Waals surface area (Å²) in [5.41, 5.74) is 0.447. The minimum Gasteiger partial charge on any atom is -0.299 e. The molecule has 0 rings (SSSR count). The molecule has 0 aliphatic carbocycles. The number of carbonyl (C=O) groups excluding carboxylic acids is 2. The molecule has 2 nitrogen and oxygen atoms in total. The number of allylic oxidation sites excluding steroid dienone is 1. The zero-order valence-electron chi connectivity index (χ0n) is 6.60. The van der Waals surface area contributed by atoms with Crippen molar-refractivity contribution in [1.82, 2.24) is 0 Å². The molecule has 0 saturated heterocycles. The first-order chi connectivity index (χ1) is 4.46. The van der Waals surface area contributed by atoms with E-state index in [9.17, 15) is 9.59 Å². The van der Waals surface area contributed by atoms with Gasteiger partial charge in [-0.1, -0.05) is 6.58 Å². The van der Waals surface area contributed by atoms with Crippen LogP contribution in [-0.2, 0) is 9.59 Å². The summed E-state index contributed by atoms with van der Waals surface area (Å²) in [6, 6.07) is 0. The van der Waals surface area contributed by atoms with E-state index in [4.69, 9.17) is 0 Å². The van der Waals surface area contributed by atoms with Gasteiger partial charge in [-0.2, -0.15) is 0 Å². The van der Waals surface area contributed by atoms with Crippen LogP contribution in [0.3, 0.4) is 0 Å². The highest BCUT2D eigenvalue weighted by Gasteiger charge is 2.16. The summed E-state index contributed by atoms with van der Waals surface area (Å²) < 4.78 is 0. The van der Waals surface area contributed by atoms with Crippen LogP contribution in [-0.4, -0.2) is 11.6 Å². The van der Waals surface area contributed by atoms with E-state index >= 15 is 0 Å². The fourth-order valence-corrected chi connectivity index (χ4v) is 0.554. The van der Waals surface area contributed by atoms with Gasteiger partial charge in [0.1, 0.15) is 5.78 Å². The molecule has 0 saturated carbocycles. The average molecular weight is 140 g/mol. The molecule has 10 heavy (non-hydrogen) atoms. The highest BCUT2D eigenvalue weighted by atomic mass is 16.1. The number of carbonyl (C=O) groups is 2. The molecule has 0 aromatic rings. The molecule has 56 valence electrons. The molecule has 0 aromatic carbocycles. The molecule has 0 radical (unpaired) electrons. The average Bonchev–Trinajstić information content (AvgIpc) is 1.84. The van der Waals surface area contributed by atoms with Gasteiger partial charge in [-0.25, -0.2) is 0 Å². The monoisotopic (exact) mass is 140 g/mol. The van der Waals surface area contributed by atoms with Gasteiger partial charge in [-0.05, 0) is 26.3 Å². The smallest absolute Gasteiger partial charge is 0.168 e. The second-order valence-electron chi connectivity index (χ2n) is 2.48. The van der Waals surface area contributed by atoms with Gasteiger partial charge < -0.3 is 0 Å². The predicted octanol–water partition coefficient (Wildman–Crippen LogP) is 1.36. The van der Waals surface area contributed by atoms with Crippen molar-refractivity contribution in [3.05, 3.63) is 12.2 Å². The molecular weight excluding hydrogens is 128 g/mol. The van der Waals surface area contributed by atoms with Crippen LogP contribution < -0.4 is 0 Å². The van der Waals surface area contributed by atoms with Crippen molar-refractivity contribution in [2.75, 3.05) is 0 Å². The van der Waals surface area contributed by atoms with Crippen molar-refractivity contribution >= 4 is 11.6 Å². The number of hydrogen-bond donors (Lipinski definition) is 0. The van der Waals surface area contributed by atoms with E-state index in [1.54, 1.807) is 13.8 Å². The molecule has 0 amide bonds. The van der Waals surface area contributed by atoms with E-state index < -0.39 is 5.92 Å². The van der Waals surface area contributed by atoms with Crippen LogP contribution in [0.4, 0.5) is 0 Å². The second-order valence-corrected chi connectivity index (χ2v) is 2.48. The Hall–Kier alpha value is -0.920. The van der Waals surface area contributed by atoms with E-state index in [2.05, 4.69) is 6.58 Å². The van der Waals surface area contributed by atoms with Crippen molar-refractivity contribution in [2.24, 2.45) is 5.92 Å². The first kappa shape index (κ1) is 9.08. The fourth-order valence-electron chi connectivity index (χ4n) is 0.554. The molecule has 0 bridgehead atoms. The first-order valence-electron chi connectivity index (χ1n) is 3.17. The molecule has 0 aliphatic rings. The van der Waals surface area contributed by atoms with Gasteiger partial charge in [-0.3, -0.25) is 9.59 Å². The van der Waals surface area contributed by atoms with Crippen molar-refractivity contribution < 1.29 is 9.59 Å². The minimum atomic E-state index is -0.516. The molecule has 2 heteroatoms. The van der Waals surface area contributed by atoms with E-state index in [0.717, 1.165) is 0 Å². The Balaban J connectivity index is 4.22. The zero-order chi connectivity index (χ0) is 8.31. The topological polar surface area (TPSA) is 34.1 Å². The third-order valence-corrected chi connectivity index (χ3v) is 1.42. The lowest BCUT2D eigenvalue weighted by molar-refractivity contribution is -0.128. The number of ketones is 2. The molecule has 0 N–H and O–H groups in total. The van der Waals surface area contributed by atoms with Gasteiger partial charge in [-0.15, -0.1) is 0 Å². The number of hydrogen-bond acceptors (Lipinski definition) is 2. The minimum absolute atomic E-state index is 0.104. The molecule has 0 fully saturated rings. The van der Waals surface area contributed by atoms with Crippen LogP contribution in [0.5, 0.6) is 0 Å². The lowest BCUT2D eigenvalue weighted by Gasteiger charge is -2.03. The Kier molecular flexibility index (Phi) is 3.00. The molecular formula is C8H12O2. The SMILES string of the molecule is C=C(C)C(=O)C(C)C(C)=O. The lowest BCUT2D eigenvalue weighted by atomic mass is 9.98. The van der Waals surface area contributed by atoms with Crippen molar-refractivity contribution in [1.29, 1.82) is 0 Å². The number of Topliss-reactive ketones (excluding diaryl/α,β-unsaturated/α-hetero) is 2. The summed E-state index contributed by atoms with van der Waals surface area (Å²) >= 11 is 0. The summed E-state index contributed by atoms with van der Waals surface area (Å²) in [5, 5.41) is 0. The van der Waals surface area contributed by atoms with E-state index in [0.29, 0.717) is 5.57 Å². The van der Waals surface area contributed by atoms with Gasteiger partial charge in [0, 0.05) is 0 Å². The summed E-state index contributed by atoms with van der Waals surface area (Å²) in [6.07, 6.45) is 0. The highest BCUT2D eigenvalue weighted by molar-refractivity contribution is 6.08. The summed E-state index contributed by atoms with van der Waals surface area (Å²) in [6.45, 7) is 8.07. The van der Waals surface area contributed by atoms with Crippen molar-refractivity contribution in [2.45, 2.75) is 20.8 Å². The Labute approximate surface area is 60.9 Å². The molecule has 0 spiro atoms. The molecule has 0 aliphatic heterocycles. The quantitative estimate of drug-likeness (QED) is 0.438. The maximum Gasteiger partial charge on any atom is 0.168 e. The summed E-state index contributed by atoms with van der Waals surface area (Å²) in [7, 11) is 0. The molecule has 0 aromatic heterocycles. The third-order valence-electron chi connectivity index (χ3n) is 1.42. The second kappa shape index (κ2) is 3.30. The van der Waals surface area contributed by atoms with Gasteiger partial charge in [0.15, 0.2) is 5.78 Å². The first-order valence-corrected chi connectivity index (χ1v) is 3.17. The summed E-state index contributed by atoms with van der Waals surface area (Å²) in [5.74, 6) is -0.780. The van der Waals surface area contributed by atoms with Crippen LogP contribution in [0.1, 0.15) is 20.8 Å². The maximum atomic E-state index is 11.0. The molecule has 1 atom stereocenters. The lowest BCUT2D eigenvalue weighted by Crippen LogP contribution is -2.18. The Bertz CT molecular complexity index is 180. The van der Waals surface area contributed by atoms with Crippen molar-refractivity contribution in [3.8, 4) is 0 Å². The maximum absolute atomic E-state index is 11.0. The van der Waals surface area contributed by atoms with Gasteiger partial charge >= 0.3 is 0 Å². The van der Waals surface area contributed by atoms with E-state index in [1.165, 1.54) is 6.92 Å². The standard InChI is InChI=1S/C8H12O2/c1-5(2)8(10)6(3)7(4)9/h6H,1H2,2-4H3.